The molecular weight excluding hydrogens is 302 g/mol. The van der Waals surface area contributed by atoms with Crippen LogP contribution in [0.5, 0.6) is 0 Å². The van der Waals surface area contributed by atoms with E-state index in [0.717, 1.165) is 24.3 Å². The molecule has 1 nitrogen and oxygen atoms in total. The van der Waals surface area contributed by atoms with Crippen LogP contribution >= 0.6 is 0 Å². The molecule has 2 aromatic carbocycles. The summed E-state index contributed by atoms with van der Waals surface area (Å²) in [6.45, 7) is 6.06. The van der Waals surface area contributed by atoms with E-state index in [1.54, 1.807) is 0 Å². The predicted molar refractivity (Wildman–Crippen MR) is 106 cm³/mol. The molecule has 2 aromatic rings. The molecule has 0 spiro atoms. The molecule has 0 aromatic heterocycles. The maximum Gasteiger partial charge on any atom is 0.0822 e. The van der Waals surface area contributed by atoms with Crippen molar-refractivity contribution in [2.24, 2.45) is 5.92 Å². The van der Waals surface area contributed by atoms with Crippen LogP contribution in [0.1, 0.15) is 56.6 Å². The second-order valence-corrected chi connectivity index (χ2v) is 7.33. The van der Waals surface area contributed by atoms with Gasteiger partial charge in [0.05, 0.1) is 11.5 Å². The van der Waals surface area contributed by atoms with Crippen LogP contribution < -0.4 is 0 Å². The molecule has 1 aliphatic rings. The molecule has 1 saturated carbocycles. The molecule has 0 amide bonds. The van der Waals surface area contributed by atoms with Crippen molar-refractivity contribution in [1.29, 1.82) is 5.26 Å². The van der Waals surface area contributed by atoms with Gasteiger partial charge >= 0.3 is 0 Å². The molecule has 1 fully saturated rings. The number of hydrogen-bond acceptors (Lipinski definition) is 1. The summed E-state index contributed by atoms with van der Waals surface area (Å²) in [5, 5.41) is 9.90. The van der Waals surface area contributed by atoms with E-state index in [1.807, 2.05) is 6.08 Å². The highest BCUT2D eigenvalue weighted by Gasteiger charge is 2.36. The standard InChI is InChI=1S/C24H27N/c1-3-5-20-14-16-24(18-25,17-15-20)23-12-10-22(11-13-23)21-8-6-19(4-2)7-9-21/h4,6-13,20H,2-3,5,14-17H2,1H3. The summed E-state index contributed by atoms with van der Waals surface area (Å²) in [4.78, 5) is 0. The zero-order chi connectivity index (χ0) is 17.7. The first-order chi connectivity index (χ1) is 12.2. The van der Waals surface area contributed by atoms with Gasteiger partial charge < -0.3 is 0 Å². The fourth-order valence-corrected chi connectivity index (χ4v) is 4.13. The lowest BCUT2D eigenvalue weighted by molar-refractivity contribution is 0.265. The predicted octanol–water partition coefficient (Wildman–Crippen LogP) is 6.75. The third-order valence-corrected chi connectivity index (χ3v) is 5.79. The normalized spacial score (nSPS) is 23.0. The average Bonchev–Trinajstić information content (AvgIpc) is 2.69. The molecule has 0 aliphatic heterocycles. The Balaban J connectivity index is 1.78. The molecule has 1 heteroatoms. The van der Waals surface area contributed by atoms with E-state index < -0.39 is 0 Å². The maximum atomic E-state index is 9.90. The molecule has 0 bridgehead atoms. The zero-order valence-electron chi connectivity index (χ0n) is 15.2. The molecule has 3 rings (SSSR count). The Bertz CT molecular complexity index is 738. The van der Waals surface area contributed by atoms with E-state index in [0.29, 0.717) is 0 Å². The third-order valence-electron chi connectivity index (χ3n) is 5.79. The zero-order valence-corrected chi connectivity index (χ0v) is 15.2. The summed E-state index contributed by atoms with van der Waals surface area (Å²) in [5.74, 6) is 0.814. The number of nitriles is 1. The Morgan fingerprint density at radius 1 is 1.04 bits per heavy atom. The van der Waals surface area contributed by atoms with Crippen molar-refractivity contribution < 1.29 is 0 Å². The van der Waals surface area contributed by atoms with Gasteiger partial charge in [0, 0.05) is 0 Å². The average molecular weight is 329 g/mol. The summed E-state index contributed by atoms with van der Waals surface area (Å²) in [5.41, 5.74) is 4.45. The first-order valence-corrected chi connectivity index (χ1v) is 9.45. The van der Waals surface area contributed by atoms with Crippen LogP contribution in [0.2, 0.25) is 0 Å². The van der Waals surface area contributed by atoms with Gasteiger partial charge in [-0.25, -0.2) is 0 Å². The van der Waals surface area contributed by atoms with Crippen molar-refractivity contribution in [3.8, 4) is 17.2 Å². The quantitative estimate of drug-likeness (QED) is 0.595. The maximum absolute atomic E-state index is 9.90. The van der Waals surface area contributed by atoms with Gasteiger partial charge in [-0.3, -0.25) is 0 Å². The summed E-state index contributed by atoms with van der Waals surface area (Å²) in [7, 11) is 0. The molecule has 1 aliphatic carbocycles. The minimum Gasteiger partial charge on any atom is -0.197 e. The Morgan fingerprint density at radius 2 is 1.60 bits per heavy atom. The van der Waals surface area contributed by atoms with Crippen LogP contribution in [-0.2, 0) is 5.41 Å². The minimum absolute atomic E-state index is 0.282. The first-order valence-electron chi connectivity index (χ1n) is 9.45. The van der Waals surface area contributed by atoms with Gasteiger partial charge in [-0.05, 0) is 53.9 Å². The second kappa shape index (κ2) is 7.70. The van der Waals surface area contributed by atoms with Crippen LogP contribution in [0.4, 0.5) is 0 Å². The molecule has 128 valence electrons. The van der Waals surface area contributed by atoms with Crippen LogP contribution in [0.15, 0.2) is 55.1 Å². The topological polar surface area (TPSA) is 23.8 Å². The summed E-state index contributed by atoms with van der Waals surface area (Å²) in [6.07, 6.45) is 8.80. The Kier molecular flexibility index (Phi) is 5.39. The number of rotatable bonds is 5. The Hall–Kier alpha value is -2.33. The van der Waals surface area contributed by atoms with E-state index in [4.69, 9.17) is 0 Å². The van der Waals surface area contributed by atoms with E-state index in [9.17, 15) is 5.26 Å². The first kappa shape index (κ1) is 17.5. The molecule has 0 N–H and O–H groups in total. The van der Waals surface area contributed by atoms with Gasteiger partial charge in [0.25, 0.3) is 0 Å². The summed E-state index contributed by atoms with van der Waals surface area (Å²) in [6, 6.07) is 19.7. The lowest BCUT2D eigenvalue weighted by Gasteiger charge is -2.35. The van der Waals surface area contributed by atoms with Crippen LogP contribution in [-0.4, -0.2) is 0 Å². The van der Waals surface area contributed by atoms with Gasteiger partial charge in [-0.15, -0.1) is 0 Å². The molecule has 0 heterocycles. The van der Waals surface area contributed by atoms with Crippen LogP contribution in [0.25, 0.3) is 17.2 Å². The van der Waals surface area contributed by atoms with Gasteiger partial charge in [0.15, 0.2) is 0 Å². The van der Waals surface area contributed by atoms with Crippen molar-refractivity contribution in [2.45, 2.75) is 50.9 Å². The lowest BCUT2D eigenvalue weighted by Crippen LogP contribution is -2.30. The molecule has 0 unspecified atom stereocenters. The summed E-state index contributed by atoms with van der Waals surface area (Å²) < 4.78 is 0. The molecule has 0 saturated heterocycles. The Morgan fingerprint density at radius 3 is 2.08 bits per heavy atom. The van der Waals surface area contributed by atoms with Gasteiger partial charge in [0.1, 0.15) is 0 Å². The molecular formula is C24H27N. The molecule has 25 heavy (non-hydrogen) atoms. The van der Waals surface area contributed by atoms with E-state index >= 15 is 0 Å². The second-order valence-electron chi connectivity index (χ2n) is 7.33. The largest absolute Gasteiger partial charge is 0.197 e. The number of hydrogen-bond donors (Lipinski definition) is 0. The van der Waals surface area contributed by atoms with E-state index in [2.05, 4.69) is 68.1 Å². The third kappa shape index (κ3) is 3.69. The molecule has 0 radical (unpaired) electrons. The van der Waals surface area contributed by atoms with Crippen LogP contribution in [0, 0.1) is 17.2 Å². The van der Waals surface area contributed by atoms with Crippen molar-refractivity contribution in [1.82, 2.24) is 0 Å². The van der Waals surface area contributed by atoms with Gasteiger partial charge in [-0.1, -0.05) is 81.0 Å². The van der Waals surface area contributed by atoms with Gasteiger partial charge in [0.2, 0.25) is 0 Å². The van der Waals surface area contributed by atoms with Crippen molar-refractivity contribution >= 4 is 6.08 Å². The van der Waals surface area contributed by atoms with Crippen molar-refractivity contribution in [2.75, 3.05) is 0 Å². The molecule has 0 atom stereocenters. The van der Waals surface area contributed by atoms with E-state index in [1.165, 1.54) is 42.4 Å². The minimum atomic E-state index is -0.282. The SMILES string of the molecule is C=Cc1ccc(-c2ccc(C3(C#N)CCC(CCC)CC3)cc2)cc1. The van der Waals surface area contributed by atoms with Crippen molar-refractivity contribution in [3.63, 3.8) is 0 Å². The monoisotopic (exact) mass is 329 g/mol. The van der Waals surface area contributed by atoms with Crippen LogP contribution in [0.3, 0.4) is 0 Å². The summed E-state index contributed by atoms with van der Waals surface area (Å²) >= 11 is 0. The lowest BCUT2D eigenvalue weighted by atomic mass is 9.67. The Labute approximate surface area is 152 Å². The van der Waals surface area contributed by atoms with Gasteiger partial charge in [-0.2, -0.15) is 5.26 Å². The van der Waals surface area contributed by atoms with Crippen molar-refractivity contribution in [3.05, 3.63) is 66.2 Å². The highest BCUT2D eigenvalue weighted by Crippen LogP contribution is 2.42. The fourth-order valence-electron chi connectivity index (χ4n) is 4.13. The number of nitrogens with zero attached hydrogens (tertiary/aromatic N) is 1. The van der Waals surface area contributed by atoms with E-state index in [-0.39, 0.29) is 5.41 Å². The highest BCUT2D eigenvalue weighted by molar-refractivity contribution is 5.66. The highest BCUT2D eigenvalue weighted by atomic mass is 14.4. The number of benzene rings is 2. The fraction of sp³-hybridized carbons (Fsp3) is 0.375. The smallest absolute Gasteiger partial charge is 0.0822 e.